The topological polar surface area (TPSA) is 26.0 Å². The molecule has 19 heavy (non-hydrogen) atoms. The van der Waals surface area contributed by atoms with Gasteiger partial charge in [0.05, 0.1) is 16.1 Å². The van der Waals surface area contributed by atoms with Crippen molar-refractivity contribution in [2.45, 2.75) is 13.0 Å². The molecule has 0 aliphatic rings. The zero-order chi connectivity index (χ0) is 14.2. The maximum absolute atomic E-state index is 13.9. The highest BCUT2D eigenvalue weighted by molar-refractivity contribution is 6.42. The predicted molar refractivity (Wildman–Crippen MR) is 73.6 cm³/mol. The third-order valence-electron chi connectivity index (χ3n) is 2.96. The van der Waals surface area contributed by atoms with Crippen LogP contribution in [0.2, 0.25) is 10.0 Å². The first-order valence-corrected chi connectivity index (χ1v) is 6.33. The van der Waals surface area contributed by atoms with Crippen molar-refractivity contribution in [1.82, 2.24) is 0 Å². The number of aryl methyl sites for hydroxylation is 1. The summed E-state index contributed by atoms with van der Waals surface area (Å²) in [6.45, 7) is 1.49. The molecule has 0 aliphatic heterocycles. The molecule has 1 atom stereocenters. The van der Waals surface area contributed by atoms with E-state index in [2.05, 4.69) is 0 Å². The van der Waals surface area contributed by atoms with Crippen LogP contribution >= 0.6 is 23.2 Å². The quantitative estimate of drug-likeness (QED) is 0.860. The minimum atomic E-state index is -0.955. The van der Waals surface area contributed by atoms with Crippen LogP contribution in [0, 0.1) is 18.6 Å². The van der Waals surface area contributed by atoms with Crippen LogP contribution < -0.4 is 5.73 Å². The van der Waals surface area contributed by atoms with Crippen molar-refractivity contribution in [2.75, 3.05) is 0 Å². The first-order chi connectivity index (χ1) is 8.93. The van der Waals surface area contributed by atoms with Crippen molar-refractivity contribution in [2.24, 2.45) is 5.73 Å². The molecule has 0 radical (unpaired) electrons. The number of hydrogen-bond acceptors (Lipinski definition) is 1. The number of rotatable bonds is 2. The van der Waals surface area contributed by atoms with E-state index in [1.807, 2.05) is 0 Å². The number of benzene rings is 2. The van der Waals surface area contributed by atoms with Crippen molar-refractivity contribution < 1.29 is 8.78 Å². The molecule has 1 unspecified atom stereocenters. The highest BCUT2D eigenvalue weighted by atomic mass is 35.5. The Morgan fingerprint density at radius 1 is 1.00 bits per heavy atom. The Kier molecular flexibility index (Phi) is 4.09. The molecule has 1 nitrogen and oxygen atoms in total. The third kappa shape index (κ3) is 2.59. The molecule has 0 aromatic heterocycles. The van der Waals surface area contributed by atoms with Gasteiger partial charge in [-0.2, -0.15) is 0 Å². The molecule has 2 aromatic rings. The van der Waals surface area contributed by atoms with Gasteiger partial charge in [-0.3, -0.25) is 0 Å². The monoisotopic (exact) mass is 301 g/mol. The maximum Gasteiger partial charge on any atom is 0.164 e. The minimum absolute atomic E-state index is 0.0484. The summed E-state index contributed by atoms with van der Waals surface area (Å²) in [5.74, 6) is -1.85. The number of halogens is 4. The van der Waals surface area contributed by atoms with Crippen LogP contribution in [0.25, 0.3) is 0 Å². The van der Waals surface area contributed by atoms with E-state index in [1.54, 1.807) is 18.2 Å². The van der Waals surface area contributed by atoms with Crippen LogP contribution in [0.15, 0.2) is 30.3 Å². The van der Waals surface area contributed by atoms with Crippen molar-refractivity contribution in [3.63, 3.8) is 0 Å². The largest absolute Gasteiger partial charge is 0.320 e. The van der Waals surface area contributed by atoms with Crippen molar-refractivity contribution in [1.29, 1.82) is 0 Å². The lowest BCUT2D eigenvalue weighted by Gasteiger charge is -2.16. The second kappa shape index (κ2) is 5.45. The zero-order valence-corrected chi connectivity index (χ0v) is 11.6. The fourth-order valence-corrected chi connectivity index (χ4v) is 2.25. The van der Waals surface area contributed by atoms with Crippen LogP contribution in [0.1, 0.15) is 22.7 Å². The Bertz CT molecular complexity index is 629. The van der Waals surface area contributed by atoms with Gasteiger partial charge in [0, 0.05) is 5.56 Å². The summed E-state index contributed by atoms with van der Waals surface area (Å²) in [6.07, 6.45) is 0. The SMILES string of the molecule is Cc1ccc(C(N)c2cccc(Cl)c2Cl)c(F)c1F. The fraction of sp³-hybridized carbons (Fsp3) is 0.143. The molecule has 100 valence electrons. The molecule has 2 aromatic carbocycles. The van der Waals surface area contributed by atoms with E-state index < -0.39 is 17.7 Å². The van der Waals surface area contributed by atoms with Gasteiger partial charge in [-0.15, -0.1) is 0 Å². The van der Waals surface area contributed by atoms with E-state index >= 15 is 0 Å². The Morgan fingerprint density at radius 2 is 1.68 bits per heavy atom. The molecule has 0 saturated carbocycles. The maximum atomic E-state index is 13.9. The summed E-state index contributed by atoms with van der Waals surface area (Å²) in [4.78, 5) is 0. The third-order valence-corrected chi connectivity index (χ3v) is 3.79. The minimum Gasteiger partial charge on any atom is -0.320 e. The van der Waals surface area contributed by atoms with Crippen LogP contribution in [0.3, 0.4) is 0 Å². The lowest BCUT2D eigenvalue weighted by atomic mass is 9.97. The summed E-state index contributed by atoms with van der Waals surface area (Å²) >= 11 is 11.9. The molecule has 0 spiro atoms. The van der Waals surface area contributed by atoms with Gasteiger partial charge in [0.25, 0.3) is 0 Å². The van der Waals surface area contributed by atoms with Crippen LogP contribution in [-0.2, 0) is 0 Å². The van der Waals surface area contributed by atoms with Gasteiger partial charge in [-0.1, -0.05) is 47.5 Å². The lowest BCUT2D eigenvalue weighted by Crippen LogP contribution is -2.15. The highest BCUT2D eigenvalue weighted by Crippen LogP contribution is 2.33. The second-order valence-corrected chi connectivity index (χ2v) is 5.01. The standard InChI is InChI=1S/C14H11Cl2F2N/c1-7-5-6-9(13(18)12(7)17)14(19)8-3-2-4-10(15)11(8)16/h2-6,14H,19H2,1H3. The van der Waals surface area contributed by atoms with E-state index in [1.165, 1.54) is 19.1 Å². The molecule has 0 amide bonds. The molecular weight excluding hydrogens is 291 g/mol. The summed E-state index contributed by atoms with van der Waals surface area (Å²) in [5.41, 5.74) is 6.69. The van der Waals surface area contributed by atoms with E-state index in [0.717, 1.165) is 0 Å². The van der Waals surface area contributed by atoms with Crippen LogP contribution in [-0.4, -0.2) is 0 Å². The number of hydrogen-bond donors (Lipinski definition) is 1. The molecule has 0 saturated heterocycles. The van der Waals surface area contributed by atoms with Gasteiger partial charge in [0.15, 0.2) is 11.6 Å². The van der Waals surface area contributed by atoms with Crippen LogP contribution in [0.5, 0.6) is 0 Å². The molecule has 0 aliphatic carbocycles. The first-order valence-electron chi connectivity index (χ1n) is 5.57. The smallest absolute Gasteiger partial charge is 0.164 e. The second-order valence-electron chi connectivity index (χ2n) is 4.22. The zero-order valence-electron chi connectivity index (χ0n) is 10.1. The summed E-state index contributed by atoms with van der Waals surface area (Å²) in [7, 11) is 0. The molecule has 2 N–H and O–H groups in total. The summed E-state index contributed by atoms with van der Waals surface area (Å²) < 4.78 is 27.5. The Morgan fingerprint density at radius 3 is 2.37 bits per heavy atom. The molecule has 0 fully saturated rings. The lowest BCUT2D eigenvalue weighted by molar-refractivity contribution is 0.489. The summed E-state index contributed by atoms with van der Waals surface area (Å²) in [6, 6.07) is 6.96. The molecule has 0 heterocycles. The summed E-state index contributed by atoms with van der Waals surface area (Å²) in [5, 5.41) is 0.569. The fourth-order valence-electron chi connectivity index (χ4n) is 1.83. The van der Waals surface area contributed by atoms with Gasteiger partial charge in [0.1, 0.15) is 0 Å². The first kappa shape index (κ1) is 14.3. The highest BCUT2D eigenvalue weighted by Gasteiger charge is 2.20. The average Bonchev–Trinajstić information content (AvgIpc) is 2.39. The van der Waals surface area contributed by atoms with Gasteiger partial charge in [-0.25, -0.2) is 8.78 Å². The Labute approximate surface area is 119 Å². The van der Waals surface area contributed by atoms with Gasteiger partial charge >= 0.3 is 0 Å². The Hall–Kier alpha value is -1.16. The average molecular weight is 302 g/mol. The molecule has 0 bridgehead atoms. The van der Waals surface area contributed by atoms with Gasteiger partial charge in [0.2, 0.25) is 0 Å². The van der Waals surface area contributed by atoms with Gasteiger partial charge in [-0.05, 0) is 24.1 Å². The predicted octanol–water partition coefficient (Wildman–Crippen LogP) is 4.63. The molecule has 5 heteroatoms. The van der Waals surface area contributed by atoms with E-state index in [-0.39, 0.29) is 16.1 Å². The number of nitrogens with two attached hydrogens (primary N) is 1. The molecule has 2 rings (SSSR count). The van der Waals surface area contributed by atoms with Crippen molar-refractivity contribution in [3.05, 3.63) is 68.7 Å². The Balaban J connectivity index is 2.53. The van der Waals surface area contributed by atoms with E-state index in [0.29, 0.717) is 10.6 Å². The molecular formula is C14H11Cl2F2N. The van der Waals surface area contributed by atoms with E-state index in [9.17, 15) is 8.78 Å². The normalized spacial score (nSPS) is 12.5. The van der Waals surface area contributed by atoms with E-state index in [4.69, 9.17) is 28.9 Å². The van der Waals surface area contributed by atoms with Crippen LogP contribution in [0.4, 0.5) is 8.78 Å². The van der Waals surface area contributed by atoms with Gasteiger partial charge < -0.3 is 5.73 Å². The van der Waals surface area contributed by atoms with Crippen molar-refractivity contribution >= 4 is 23.2 Å². The van der Waals surface area contributed by atoms with Crippen molar-refractivity contribution in [3.8, 4) is 0 Å².